The first-order valence-corrected chi connectivity index (χ1v) is 13.9. The molecule has 2 aromatic rings. The molecule has 2 aliphatic heterocycles. The second kappa shape index (κ2) is 10.2. The van der Waals surface area contributed by atoms with Crippen LogP contribution in [0, 0.1) is 11.3 Å². The van der Waals surface area contributed by atoms with Gasteiger partial charge in [-0.25, -0.2) is 8.42 Å². The summed E-state index contributed by atoms with van der Waals surface area (Å²) in [6, 6.07) is 13.5. The molecule has 3 amide bonds. The summed E-state index contributed by atoms with van der Waals surface area (Å²) in [5, 5.41) is 9.29. The summed E-state index contributed by atoms with van der Waals surface area (Å²) in [7, 11) is -3.91. The van der Waals surface area contributed by atoms with Crippen molar-refractivity contribution in [2.45, 2.75) is 17.4 Å². The molecule has 1 saturated heterocycles. The average molecular weight is 513 g/mol. The lowest BCUT2D eigenvalue weighted by atomic mass is 10.1. The monoisotopic (exact) mass is 512 g/mol. The topological polar surface area (TPSA) is 119 Å². The first kappa shape index (κ1) is 24.9. The molecule has 0 aliphatic carbocycles. The van der Waals surface area contributed by atoms with E-state index in [1.54, 1.807) is 36.4 Å². The quantitative estimate of drug-likeness (QED) is 0.519. The lowest BCUT2D eigenvalue weighted by Crippen LogP contribution is -2.56. The zero-order valence-corrected chi connectivity index (χ0v) is 20.7. The summed E-state index contributed by atoms with van der Waals surface area (Å²) < 4.78 is 27.5. The zero-order chi connectivity index (χ0) is 25.2. The normalized spacial score (nSPS) is 17.3. The molecule has 1 fully saturated rings. The van der Waals surface area contributed by atoms with Crippen molar-refractivity contribution >= 4 is 39.5 Å². The molecule has 0 spiro atoms. The molecule has 0 N–H and O–H groups in total. The van der Waals surface area contributed by atoms with Crippen LogP contribution in [0.25, 0.3) is 0 Å². The van der Waals surface area contributed by atoms with Gasteiger partial charge in [0, 0.05) is 26.2 Å². The van der Waals surface area contributed by atoms with Crippen LogP contribution in [0.4, 0.5) is 0 Å². The Bertz CT molecular complexity index is 1280. The number of sulfonamides is 1. The van der Waals surface area contributed by atoms with Gasteiger partial charge in [0.2, 0.25) is 15.9 Å². The molecule has 2 aromatic carbocycles. The van der Waals surface area contributed by atoms with Gasteiger partial charge in [-0.05, 0) is 42.7 Å². The Kier molecular flexibility index (Phi) is 7.25. The number of fused-ring (bicyclic) bond motifs is 1. The van der Waals surface area contributed by atoms with Crippen LogP contribution in [0.3, 0.4) is 0 Å². The minimum atomic E-state index is -3.91. The van der Waals surface area contributed by atoms with Crippen molar-refractivity contribution in [2.24, 2.45) is 0 Å². The Hall–Kier alpha value is -3.20. The molecular weight excluding hydrogens is 488 g/mol. The van der Waals surface area contributed by atoms with E-state index in [9.17, 15) is 28.1 Å². The van der Waals surface area contributed by atoms with E-state index in [-0.39, 0.29) is 53.7 Å². The highest BCUT2D eigenvalue weighted by Crippen LogP contribution is 2.28. The molecule has 2 aliphatic rings. The summed E-state index contributed by atoms with van der Waals surface area (Å²) in [5.74, 6) is -0.773. The van der Waals surface area contributed by atoms with Gasteiger partial charge in [-0.3, -0.25) is 19.3 Å². The predicted molar refractivity (Wildman–Crippen MR) is 130 cm³/mol. The third-order valence-electron chi connectivity index (χ3n) is 6.19. The van der Waals surface area contributed by atoms with Crippen molar-refractivity contribution in [1.82, 2.24) is 14.1 Å². The van der Waals surface area contributed by atoms with Gasteiger partial charge in [-0.2, -0.15) is 21.3 Å². The molecule has 0 saturated carbocycles. The third-order valence-corrected chi connectivity index (χ3v) is 8.79. The second-order valence-corrected chi connectivity index (χ2v) is 11.1. The summed E-state index contributed by atoms with van der Waals surface area (Å²) in [6.07, 6.45) is 2.19. The van der Waals surface area contributed by atoms with Gasteiger partial charge in [0.15, 0.2) is 0 Å². The van der Waals surface area contributed by atoms with Gasteiger partial charge in [0.1, 0.15) is 12.1 Å². The Morgan fingerprint density at radius 1 is 1.00 bits per heavy atom. The van der Waals surface area contributed by atoms with E-state index < -0.39 is 27.9 Å². The molecule has 9 nitrogen and oxygen atoms in total. The van der Waals surface area contributed by atoms with Crippen molar-refractivity contribution in [1.29, 1.82) is 5.26 Å². The molecule has 11 heteroatoms. The molecule has 0 unspecified atom stereocenters. The van der Waals surface area contributed by atoms with Crippen LogP contribution in [0.5, 0.6) is 0 Å². The van der Waals surface area contributed by atoms with E-state index in [4.69, 9.17) is 0 Å². The fourth-order valence-corrected chi connectivity index (χ4v) is 6.39. The van der Waals surface area contributed by atoms with E-state index in [2.05, 4.69) is 0 Å². The average Bonchev–Trinajstić information content (AvgIpc) is 3.14. The maximum Gasteiger partial charge on any atom is 0.262 e. The maximum absolute atomic E-state index is 13.5. The Morgan fingerprint density at radius 3 is 2.14 bits per heavy atom. The van der Waals surface area contributed by atoms with Crippen molar-refractivity contribution in [3.63, 3.8) is 0 Å². The van der Waals surface area contributed by atoms with Gasteiger partial charge in [0.05, 0.1) is 21.6 Å². The highest BCUT2D eigenvalue weighted by Gasteiger charge is 2.44. The van der Waals surface area contributed by atoms with Gasteiger partial charge >= 0.3 is 0 Å². The lowest BCUT2D eigenvalue weighted by Gasteiger charge is -2.37. The molecule has 0 radical (unpaired) electrons. The number of piperazine rings is 1. The SMILES string of the molecule is CSCC[C@H](C(=O)N1CCN(S(=O)(=O)c2ccccc2C#N)CC1)N1C(=O)c2ccccc2C1=O. The molecule has 182 valence electrons. The number of nitrogens with zero attached hydrogens (tertiary/aromatic N) is 4. The molecule has 1 atom stereocenters. The third kappa shape index (κ3) is 4.57. The van der Waals surface area contributed by atoms with Crippen molar-refractivity contribution in [3.8, 4) is 6.07 Å². The summed E-state index contributed by atoms with van der Waals surface area (Å²) in [6.45, 7) is 0.327. The van der Waals surface area contributed by atoms with Gasteiger partial charge in [-0.1, -0.05) is 24.3 Å². The number of carbonyl (C=O) groups excluding carboxylic acids is 3. The lowest BCUT2D eigenvalue weighted by molar-refractivity contribution is -0.136. The minimum Gasteiger partial charge on any atom is -0.338 e. The van der Waals surface area contributed by atoms with Crippen molar-refractivity contribution < 1.29 is 22.8 Å². The van der Waals surface area contributed by atoms with Gasteiger partial charge in [0.25, 0.3) is 11.8 Å². The smallest absolute Gasteiger partial charge is 0.262 e. The van der Waals surface area contributed by atoms with E-state index in [0.717, 1.165) is 4.90 Å². The predicted octanol–water partition coefficient (Wildman–Crippen LogP) is 1.81. The van der Waals surface area contributed by atoms with Crippen LogP contribution < -0.4 is 0 Å². The molecule has 2 heterocycles. The fourth-order valence-electron chi connectivity index (χ4n) is 4.37. The van der Waals surface area contributed by atoms with Crippen LogP contribution >= 0.6 is 11.8 Å². The standard InChI is InChI=1S/C24H24N4O5S2/c1-34-15-10-20(28-22(29)18-7-3-4-8-19(18)23(28)30)24(31)26-11-13-27(14-12-26)35(32,33)21-9-5-2-6-17(21)16-25/h2-9,20H,10-15H2,1H3/t20-/m1/s1. The van der Waals surface area contributed by atoms with E-state index in [0.29, 0.717) is 12.2 Å². The van der Waals surface area contributed by atoms with Crippen molar-refractivity contribution in [2.75, 3.05) is 38.2 Å². The van der Waals surface area contributed by atoms with Crippen molar-refractivity contribution in [3.05, 3.63) is 65.2 Å². The number of rotatable bonds is 7. The molecular formula is C24H24N4O5S2. The number of hydrogen-bond acceptors (Lipinski definition) is 7. The maximum atomic E-state index is 13.5. The number of nitriles is 1. The highest BCUT2D eigenvalue weighted by molar-refractivity contribution is 7.98. The van der Waals surface area contributed by atoms with Gasteiger partial charge < -0.3 is 4.90 Å². The highest BCUT2D eigenvalue weighted by atomic mass is 32.2. The number of amides is 3. The van der Waals surface area contributed by atoms with Crippen LogP contribution in [0.1, 0.15) is 32.7 Å². The van der Waals surface area contributed by atoms with E-state index in [1.165, 1.54) is 33.1 Å². The second-order valence-electron chi connectivity index (χ2n) is 8.16. The first-order valence-electron chi connectivity index (χ1n) is 11.0. The Labute approximate surface area is 208 Å². The van der Waals surface area contributed by atoms with Crippen LogP contribution in [0.2, 0.25) is 0 Å². The summed E-state index contributed by atoms with van der Waals surface area (Å²) in [4.78, 5) is 42.0. The summed E-state index contributed by atoms with van der Waals surface area (Å²) >= 11 is 1.51. The number of hydrogen-bond donors (Lipinski definition) is 0. The minimum absolute atomic E-state index is 0.0468. The first-order chi connectivity index (χ1) is 16.8. The number of carbonyl (C=O) groups is 3. The number of benzene rings is 2. The molecule has 0 aromatic heterocycles. The molecule has 0 bridgehead atoms. The molecule has 35 heavy (non-hydrogen) atoms. The van der Waals surface area contributed by atoms with E-state index >= 15 is 0 Å². The Morgan fingerprint density at radius 2 is 1.57 bits per heavy atom. The van der Waals surface area contributed by atoms with Gasteiger partial charge in [-0.15, -0.1) is 0 Å². The van der Waals surface area contributed by atoms with Crippen LogP contribution in [-0.2, 0) is 14.8 Å². The Balaban J connectivity index is 1.51. The van der Waals surface area contributed by atoms with Crippen LogP contribution in [-0.4, -0.2) is 84.5 Å². The number of imide groups is 1. The summed E-state index contributed by atoms with van der Waals surface area (Å²) in [5.41, 5.74) is 0.631. The largest absolute Gasteiger partial charge is 0.338 e. The molecule has 4 rings (SSSR count). The fraction of sp³-hybridized carbons (Fsp3) is 0.333. The number of thioether (sulfide) groups is 1. The zero-order valence-electron chi connectivity index (χ0n) is 19.1. The van der Waals surface area contributed by atoms with E-state index in [1.807, 2.05) is 12.3 Å². The van der Waals surface area contributed by atoms with Crippen LogP contribution in [0.15, 0.2) is 53.4 Å².